The van der Waals surface area contributed by atoms with E-state index in [2.05, 4.69) is 4.99 Å². The Labute approximate surface area is 174 Å². The summed E-state index contributed by atoms with van der Waals surface area (Å²) in [4.78, 5) is 18.0. The van der Waals surface area contributed by atoms with E-state index in [0.717, 1.165) is 15.8 Å². The van der Waals surface area contributed by atoms with E-state index in [-0.39, 0.29) is 11.8 Å². The highest BCUT2D eigenvalue weighted by Crippen LogP contribution is 2.25. The number of sulfonamides is 1. The molecule has 2 heterocycles. The highest BCUT2D eigenvalue weighted by Gasteiger charge is 2.32. The van der Waals surface area contributed by atoms with Crippen LogP contribution in [0.3, 0.4) is 0 Å². The van der Waals surface area contributed by atoms with Crippen molar-refractivity contribution in [3.05, 3.63) is 58.9 Å². The number of rotatable bonds is 3. The molecule has 0 radical (unpaired) electrons. The number of amides is 1. The van der Waals surface area contributed by atoms with E-state index in [4.69, 9.17) is 0 Å². The van der Waals surface area contributed by atoms with Crippen LogP contribution in [0.5, 0.6) is 0 Å². The molecule has 1 fully saturated rings. The van der Waals surface area contributed by atoms with E-state index < -0.39 is 10.0 Å². The number of piperidine rings is 1. The number of aromatic nitrogens is 1. The van der Waals surface area contributed by atoms with Crippen LogP contribution in [-0.4, -0.2) is 36.3 Å². The number of carbonyl (C=O) groups excluding carboxylic acids is 1. The molecule has 0 aliphatic carbocycles. The molecule has 3 aromatic rings. The summed E-state index contributed by atoms with van der Waals surface area (Å²) in [5.41, 5.74) is 2.06. The van der Waals surface area contributed by atoms with Gasteiger partial charge in [0.05, 0.1) is 15.1 Å². The number of nitrogens with zero attached hydrogens (tertiary/aromatic N) is 3. The first-order chi connectivity index (χ1) is 13.9. The Morgan fingerprint density at radius 2 is 1.72 bits per heavy atom. The van der Waals surface area contributed by atoms with E-state index in [0.29, 0.717) is 35.6 Å². The first kappa shape index (κ1) is 20.0. The summed E-state index contributed by atoms with van der Waals surface area (Å²) < 4.78 is 30.1. The normalized spacial score (nSPS) is 17.1. The second-order valence-electron chi connectivity index (χ2n) is 7.35. The lowest BCUT2D eigenvalue weighted by Crippen LogP contribution is -2.40. The van der Waals surface area contributed by atoms with Crippen LogP contribution in [0.25, 0.3) is 10.2 Å². The molecule has 0 atom stereocenters. The van der Waals surface area contributed by atoms with Gasteiger partial charge in [0, 0.05) is 26.1 Å². The van der Waals surface area contributed by atoms with Crippen molar-refractivity contribution in [1.29, 1.82) is 0 Å². The van der Waals surface area contributed by atoms with E-state index in [1.807, 2.05) is 42.8 Å². The molecule has 0 bridgehead atoms. The standard InChI is InChI=1S/C21H23N3O3S2/c1-15-7-9-17(10-8-15)29(26,27)24-13-11-16(12-14-24)20(25)22-21-23(2)18-5-3-4-6-19(18)28-21/h3-10,16H,11-14H2,1-2H3. The second kappa shape index (κ2) is 7.85. The molecule has 1 aliphatic heterocycles. The number of fused-ring (bicyclic) bond motifs is 1. The largest absolute Gasteiger partial charge is 0.319 e. The molecule has 1 amide bonds. The summed E-state index contributed by atoms with van der Waals surface area (Å²) >= 11 is 1.49. The zero-order valence-corrected chi connectivity index (χ0v) is 18.0. The average molecular weight is 430 g/mol. The summed E-state index contributed by atoms with van der Waals surface area (Å²) in [7, 11) is -1.62. The molecule has 29 heavy (non-hydrogen) atoms. The van der Waals surface area contributed by atoms with Crippen molar-refractivity contribution in [1.82, 2.24) is 8.87 Å². The number of para-hydroxylation sites is 1. The fraction of sp³-hybridized carbons (Fsp3) is 0.333. The second-order valence-corrected chi connectivity index (χ2v) is 10.3. The van der Waals surface area contributed by atoms with E-state index in [9.17, 15) is 13.2 Å². The van der Waals surface area contributed by atoms with Gasteiger partial charge in [-0.2, -0.15) is 9.30 Å². The van der Waals surface area contributed by atoms with Gasteiger partial charge in [-0.15, -0.1) is 0 Å². The van der Waals surface area contributed by atoms with Crippen LogP contribution in [0.15, 0.2) is 58.4 Å². The molecule has 1 aliphatic rings. The van der Waals surface area contributed by atoms with E-state index >= 15 is 0 Å². The monoisotopic (exact) mass is 429 g/mol. The van der Waals surface area contributed by atoms with Crippen LogP contribution in [-0.2, 0) is 21.9 Å². The van der Waals surface area contributed by atoms with Crippen LogP contribution < -0.4 is 4.80 Å². The minimum atomic E-state index is -3.52. The average Bonchev–Trinajstić information content (AvgIpc) is 3.04. The zero-order chi connectivity index (χ0) is 20.6. The van der Waals surface area contributed by atoms with Crippen LogP contribution >= 0.6 is 11.3 Å². The molecule has 4 rings (SSSR count). The number of carbonyl (C=O) groups is 1. The Bertz CT molecular complexity index is 1220. The molecule has 0 saturated carbocycles. The first-order valence-electron chi connectivity index (χ1n) is 9.56. The highest BCUT2D eigenvalue weighted by atomic mass is 32.2. The van der Waals surface area contributed by atoms with Gasteiger partial charge in [-0.1, -0.05) is 41.2 Å². The lowest BCUT2D eigenvalue weighted by molar-refractivity contribution is -0.122. The topological polar surface area (TPSA) is 71.7 Å². The Morgan fingerprint density at radius 1 is 1.07 bits per heavy atom. The van der Waals surface area contributed by atoms with Gasteiger partial charge in [0.2, 0.25) is 10.0 Å². The fourth-order valence-electron chi connectivity index (χ4n) is 3.58. The molecular formula is C21H23N3O3S2. The van der Waals surface area contributed by atoms with Gasteiger partial charge in [-0.3, -0.25) is 4.79 Å². The minimum Gasteiger partial charge on any atom is -0.319 e. The van der Waals surface area contributed by atoms with Crippen molar-refractivity contribution in [3.63, 3.8) is 0 Å². The maximum absolute atomic E-state index is 12.8. The summed E-state index contributed by atoms with van der Waals surface area (Å²) in [5.74, 6) is -0.413. The molecule has 0 unspecified atom stereocenters. The third kappa shape index (κ3) is 3.92. The van der Waals surface area contributed by atoms with Gasteiger partial charge in [0.25, 0.3) is 5.91 Å². The predicted molar refractivity (Wildman–Crippen MR) is 114 cm³/mol. The molecule has 1 saturated heterocycles. The summed E-state index contributed by atoms with van der Waals surface area (Å²) in [6.07, 6.45) is 0.976. The SMILES string of the molecule is Cc1ccc(S(=O)(=O)N2CCC(C(=O)N=c3sc4ccccc4n3C)CC2)cc1. The molecule has 1 aromatic heterocycles. The van der Waals surface area contributed by atoms with Gasteiger partial charge < -0.3 is 4.57 Å². The number of benzene rings is 2. The number of hydrogen-bond donors (Lipinski definition) is 0. The molecule has 2 aromatic carbocycles. The van der Waals surface area contributed by atoms with Gasteiger partial charge in [0.1, 0.15) is 0 Å². The van der Waals surface area contributed by atoms with Gasteiger partial charge in [-0.25, -0.2) is 8.42 Å². The maximum Gasteiger partial charge on any atom is 0.251 e. The molecule has 152 valence electrons. The Balaban J connectivity index is 1.48. The van der Waals surface area contributed by atoms with Gasteiger partial charge in [0.15, 0.2) is 4.80 Å². The summed E-state index contributed by atoms with van der Waals surface area (Å²) in [5, 5.41) is 0. The Hall–Kier alpha value is -2.29. The number of aryl methyl sites for hydroxylation is 2. The lowest BCUT2D eigenvalue weighted by atomic mass is 9.98. The number of hydrogen-bond acceptors (Lipinski definition) is 4. The lowest BCUT2D eigenvalue weighted by Gasteiger charge is -2.29. The third-order valence-corrected chi connectivity index (χ3v) is 8.41. The van der Waals surface area contributed by atoms with Gasteiger partial charge in [-0.05, 0) is 44.0 Å². The molecule has 8 heteroatoms. The van der Waals surface area contributed by atoms with Crippen molar-refractivity contribution in [3.8, 4) is 0 Å². The number of thiazole rings is 1. The Kier molecular flexibility index (Phi) is 5.42. The van der Waals surface area contributed by atoms with Crippen LogP contribution in [0.2, 0.25) is 0 Å². The quantitative estimate of drug-likeness (QED) is 0.642. The first-order valence-corrected chi connectivity index (χ1v) is 11.8. The Morgan fingerprint density at radius 3 is 2.38 bits per heavy atom. The van der Waals surface area contributed by atoms with Crippen molar-refractivity contribution >= 4 is 37.5 Å². The molecule has 6 nitrogen and oxygen atoms in total. The predicted octanol–water partition coefficient (Wildman–Crippen LogP) is 3.08. The minimum absolute atomic E-state index is 0.167. The summed E-state index contributed by atoms with van der Waals surface area (Å²) in [6, 6.07) is 14.8. The summed E-state index contributed by atoms with van der Waals surface area (Å²) in [6.45, 7) is 2.59. The molecule has 0 spiro atoms. The molecule has 0 N–H and O–H groups in total. The zero-order valence-electron chi connectivity index (χ0n) is 16.4. The van der Waals surface area contributed by atoms with Crippen molar-refractivity contribution in [2.24, 2.45) is 18.0 Å². The van der Waals surface area contributed by atoms with Crippen LogP contribution in [0, 0.1) is 12.8 Å². The smallest absolute Gasteiger partial charge is 0.251 e. The van der Waals surface area contributed by atoms with E-state index in [1.54, 1.807) is 24.3 Å². The highest BCUT2D eigenvalue weighted by molar-refractivity contribution is 7.89. The van der Waals surface area contributed by atoms with E-state index in [1.165, 1.54) is 15.6 Å². The maximum atomic E-state index is 12.8. The molecular weight excluding hydrogens is 406 g/mol. The van der Waals surface area contributed by atoms with Crippen molar-refractivity contribution in [2.45, 2.75) is 24.7 Å². The third-order valence-electron chi connectivity index (χ3n) is 5.38. The van der Waals surface area contributed by atoms with Crippen molar-refractivity contribution < 1.29 is 13.2 Å². The van der Waals surface area contributed by atoms with Gasteiger partial charge >= 0.3 is 0 Å². The fourth-order valence-corrected chi connectivity index (χ4v) is 6.07. The van der Waals surface area contributed by atoms with Crippen LogP contribution in [0.1, 0.15) is 18.4 Å². The van der Waals surface area contributed by atoms with Crippen molar-refractivity contribution in [2.75, 3.05) is 13.1 Å². The van der Waals surface area contributed by atoms with Crippen LogP contribution in [0.4, 0.5) is 0 Å².